The third-order valence-electron chi connectivity index (χ3n) is 8.37. The molecule has 4 atom stereocenters. The molecule has 206 valence electrons. The van der Waals surface area contributed by atoms with E-state index in [4.69, 9.17) is 28.8 Å². The molecule has 2 saturated heterocycles. The van der Waals surface area contributed by atoms with Crippen LogP contribution in [0.2, 0.25) is 5.02 Å². The van der Waals surface area contributed by atoms with Crippen molar-refractivity contribution in [1.29, 1.82) is 0 Å². The Kier molecular flexibility index (Phi) is 7.32. The van der Waals surface area contributed by atoms with Gasteiger partial charge in [-0.15, -0.1) is 0 Å². The van der Waals surface area contributed by atoms with Crippen LogP contribution in [0.25, 0.3) is 5.69 Å². The molecule has 0 amide bonds. The van der Waals surface area contributed by atoms with Gasteiger partial charge in [-0.1, -0.05) is 37.6 Å². The molecular weight excluding hydrogens is 534 g/mol. The number of hydrogen-bond acceptors (Lipinski definition) is 3. The molecule has 2 aromatic carbocycles. The Labute approximate surface area is 247 Å². The summed E-state index contributed by atoms with van der Waals surface area (Å²) in [7, 11) is 0. The normalized spacial score (nSPS) is 23.0. The summed E-state index contributed by atoms with van der Waals surface area (Å²) in [5, 5.41) is 5.01. The lowest BCUT2D eigenvalue weighted by atomic mass is 9.91. The van der Waals surface area contributed by atoms with Gasteiger partial charge in [0, 0.05) is 42.6 Å². The quantitative estimate of drug-likeness (QED) is 0.248. The predicted octanol–water partition coefficient (Wildman–Crippen LogP) is 7.80. The van der Waals surface area contributed by atoms with Gasteiger partial charge in [0.05, 0.1) is 22.4 Å². The maximum absolute atomic E-state index is 7.02. The Morgan fingerprint density at radius 2 is 1.68 bits per heavy atom. The smallest absolute Gasteiger partial charge is 0.174 e. The molecule has 0 bridgehead atoms. The van der Waals surface area contributed by atoms with E-state index in [1.165, 1.54) is 17.5 Å². The van der Waals surface area contributed by atoms with E-state index in [9.17, 15) is 0 Å². The minimum absolute atomic E-state index is 0.129. The summed E-state index contributed by atoms with van der Waals surface area (Å²) in [6.45, 7) is 11.0. The van der Waals surface area contributed by atoms with E-state index in [0.717, 1.165) is 46.6 Å². The van der Waals surface area contributed by atoms with Gasteiger partial charge in [0.15, 0.2) is 5.11 Å². The van der Waals surface area contributed by atoms with Gasteiger partial charge < -0.3 is 19.7 Å². The lowest BCUT2D eigenvalue weighted by molar-refractivity contribution is 0.357. The Bertz CT molecular complexity index is 1520. The van der Waals surface area contributed by atoms with Crippen LogP contribution in [0.15, 0.2) is 79.1 Å². The summed E-state index contributed by atoms with van der Waals surface area (Å²) in [6, 6.07) is 23.1. The fourth-order valence-corrected chi connectivity index (χ4v) is 7.08. The maximum Gasteiger partial charge on any atom is 0.174 e. The highest BCUT2D eigenvalue weighted by Gasteiger charge is 2.42. The van der Waals surface area contributed by atoms with Gasteiger partial charge in [-0.2, -0.15) is 0 Å². The second-order valence-corrected chi connectivity index (χ2v) is 12.3. The van der Waals surface area contributed by atoms with Crippen molar-refractivity contribution in [2.24, 2.45) is 11.8 Å². The van der Waals surface area contributed by atoms with Crippen molar-refractivity contribution in [3.8, 4) is 5.69 Å². The van der Waals surface area contributed by atoms with Crippen molar-refractivity contribution < 1.29 is 0 Å². The number of nitrogens with one attached hydrogen (secondary N) is 1. The van der Waals surface area contributed by atoms with Crippen molar-refractivity contribution in [1.82, 2.24) is 14.9 Å². The van der Waals surface area contributed by atoms with Crippen LogP contribution in [0.5, 0.6) is 0 Å². The van der Waals surface area contributed by atoms with Crippen molar-refractivity contribution in [2.75, 3.05) is 22.9 Å². The fourth-order valence-electron chi connectivity index (χ4n) is 6.44. The summed E-state index contributed by atoms with van der Waals surface area (Å²) >= 11 is 13.0. The van der Waals surface area contributed by atoms with Gasteiger partial charge in [-0.3, -0.25) is 4.98 Å². The predicted molar refractivity (Wildman–Crippen MR) is 170 cm³/mol. The van der Waals surface area contributed by atoms with E-state index in [1.54, 1.807) is 0 Å². The highest BCUT2D eigenvalue weighted by molar-refractivity contribution is 7.80. The molecule has 5 nitrogen and oxygen atoms in total. The average molecular weight is 570 g/mol. The Morgan fingerprint density at radius 1 is 0.900 bits per heavy atom. The summed E-state index contributed by atoms with van der Waals surface area (Å²) < 4.78 is 2.27. The van der Waals surface area contributed by atoms with Crippen LogP contribution in [0.1, 0.15) is 54.9 Å². The third-order valence-corrected chi connectivity index (χ3v) is 8.99. The molecule has 0 spiro atoms. The number of halogens is 1. The van der Waals surface area contributed by atoms with Crippen LogP contribution in [0, 0.1) is 25.7 Å². The first-order valence-electron chi connectivity index (χ1n) is 14.1. The standard InChI is InChI=1S/C33H36ClN5S/c1-21-16-22(2)20-37(19-21)29-13-12-26(18-27(29)34)39-32(31(36-33(39)40)28-8-5-6-14-35-28)30-9-7-15-38(30)25-11-10-23(3)24(4)17-25/h5-15,17-18,21-22,31-32H,16,19-20H2,1-4H3,(H,36,40)/t21-,22+,31-,32-/m1/s1. The van der Waals surface area contributed by atoms with E-state index in [1.807, 2.05) is 18.3 Å². The molecule has 4 aromatic rings. The number of pyridine rings is 1. The zero-order valence-corrected chi connectivity index (χ0v) is 25.1. The maximum atomic E-state index is 7.02. The first kappa shape index (κ1) is 26.9. The number of rotatable bonds is 5. The van der Waals surface area contributed by atoms with E-state index < -0.39 is 0 Å². The van der Waals surface area contributed by atoms with Crippen LogP contribution in [0.4, 0.5) is 11.4 Å². The summed E-state index contributed by atoms with van der Waals surface area (Å²) in [4.78, 5) is 9.37. The van der Waals surface area contributed by atoms with Crippen LogP contribution < -0.4 is 15.1 Å². The summed E-state index contributed by atoms with van der Waals surface area (Å²) in [5.41, 5.74) is 7.82. The average Bonchev–Trinajstić information content (AvgIpc) is 3.54. The number of aromatic nitrogens is 2. The number of benzene rings is 2. The van der Waals surface area contributed by atoms with E-state index >= 15 is 0 Å². The highest BCUT2D eigenvalue weighted by atomic mass is 35.5. The first-order chi connectivity index (χ1) is 19.3. The lowest BCUT2D eigenvalue weighted by Crippen LogP contribution is -2.38. The number of nitrogens with zero attached hydrogens (tertiary/aromatic N) is 4. The minimum Gasteiger partial charge on any atom is -0.370 e. The molecule has 0 radical (unpaired) electrons. The lowest BCUT2D eigenvalue weighted by Gasteiger charge is -2.37. The zero-order chi connectivity index (χ0) is 28.0. The summed E-state index contributed by atoms with van der Waals surface area (Å²) in [5.74, 6) is 1.30. The number of piperidine rings is 1. The molecule has 6 rings (SSSR count). The molecule has 2 aliphatic heterocycles. The van der Waals surface area contributed by atoms with Crippen molar-refractivity contribution in [2.45, 2.75) is 46.2 Å². The SMILES string of the molecule is Cc1ccc(-n2cccc2[C@@H]2[C@@H](c3ccccn3)NC(=S)N2c2ccc(N3C[C@H](C)C[C@H](C)C3)c(Cl)c2)cc1C. The Balaban J connectivity index is 1.43. The van der Waals surface area contributed by atoms with Crippen molar-refractivity contribution >= 4 is 40.3 Å². The molecule has 2 fully saturated rings. The topological polar surface area (TPSA) is 36.3 Å². The molecule has 2 aliphatic rings. The second kappa shape index (κ2) is 10.9. The van der Waals surface area contributed by atoms with Gasteiger partial charge in [0.2, 0.25) is 0 Å². The van der Waals surface area contributed by atoms with Crippen molar-refractivity contribution in [3.05, 3.63) is 107 Å². The third kappa shape index (κ3) is 4.99. The van der Waals surface area contributed by atoms with Crippen LogP contribution >= 0.6 is 23.8 Å². The largest absolute Gasteiger partial charge is 0.370 e. The minimum atomic E-state index is -0.129. The van der Waals surface area contributed by atoms with Gasteiger partial charge >= 0.3 is 0 Å². The molecule has 0 unspecified atom stereocenters. The molecule has 4 heterocycles. The second-order valence-electron chi connectivity index (χ2n) is 11.6. The zero-order valence-electron chi connectivity index (χ0n) is 23.5. The van der Waals surface area contributed by atoms with Gasteiger partial charge in [-0.25, -0.2) is 0 Å². The van der Waals surface area contributed by atoms with E-state index in [-0.39, 0.29) is 12.1 Å². The van der Waals surface area contributed by atoms with Gasteiger partial charge in [0.25, 0.3) is 0 Å². The van der Waals surface area contributed by atoms with Gasteiger partial charge in [-0.05, 0) is 110 Å². The number of aryl methyl sites for hydroxylation is 2. The van der Waals surface area contributed by atoms with Gasteiger partial charge in [0.1, 0.15) is 6.04 Å². The highest BCUT2D eigenvalue weighted by Crippen LogP contribution is 2.44. The van der Waals surface area contributed by atoms with Crippen LogP contribution in [-0.2, 0) is 0 Å². The van der Waals surface area contributed by atoms with Crippen LogP contribution in [0.3, 0.4) is 0 Å². The molecule has 2 aromatic heterocycles. The van der Waals surface area contributed by atoms with Crippen molar-refractivity contribution in [3.63, 3.8) is 0 Å². The molecule has 0 aliphatic carbocycles. The first-order valence-corrected chi connectivity index (χ1v) is 14.9. The Hall–Kier alpha value is -3.35. The van der Waals surface area contributed by atoms with E-state index in [0.29, 0.717) is 16.9 Å². The molecule has 0 saturated carbocycles. The monoisotopic (exact) mass is 569 g/mol. The molecule has 1 N–H and O–H groups in total. The number of anilines is 2. The molecule has 7 heteroatoms. The number of hydrogen-bond donors (Lipinski definition) is 1. The van der Waals surface area contributed by atoms with E-state index in [2.05, 4.69) is 108 Å². The Morgan fingerprint density at radius 3 is 2.38 bits per heavy atom. The summed E-state index contributed by atoms with van der Waals surface area (Å²) in [6.07, 6.45) is 5.23. The molecule has 40 heavy (non-hydrogen) atoms. The van der Waals surface area contributed by atoms with Crippen LogP contribution in [-0.4, -0.2) is 27.8 Å². The fraction of sp³-hybridized carbons (Fsp3) is 0.333. The number of thiocarbonyl (C=S) groups is 1. The molecular formula is C33H36ClN5S.